The minimum Gasteiger partial charge on any atom is -0.280 e. The van der Waals surface area contributed by atoms with Crippen molar-refractivity contribution in [3.63, 3.8) is 0 Å². The number of fused-ring (bicyclic) bond motifs is 3. The van der Waals surface area contributed by atoms with Gasteiger partial charge in [0.25, 0.3) is 0 Å². The Morgan fingerprint density at radius 3 is 2.59 bits per heavy atom. The first-order chi connectivity index (χ1) is 12.7. The van der Waals surface area contributed by atoms with Gasteiger partial charge in [-0.25, -0.2) is 4.39 Å². The first kappa shape index (κ1) is 17.6. The van der Waals surface area contributed by atoms with Gasteiger partial charge in [0.2, 0.25) is 0 Å². The summed E-state index contributed by atoms with van der Waals surface area (Å²) in [4.78, 5) is 4.02. The number of aryl methyl sites for hydroxylation is 4. The predicted molar refractivity (Wildman–Crippen MR) is 91.2 cm³/mol. The smallest absolute Gasteiger partial charge is 0.280 e. The van der Waals surface area contributed by atoms with Gasteiger partial charge in [0.05, 0.1) is 12.1 Å². The minimum atomic E-state index is -4.36. The van der Waals surface area contributed by atoms with Crippen molar-refractivity contribution in [2.24, 2.45) is 0 Å². The van der Waals surface area contributed by atoms with Crippen molar-refractivity contribution in [1.29, 1.82) is 0 Å². The van der Waals surface area contributed by atoms with E-state index in [2.05, 4.69) is 15.2 Å². The van der Waals surface area contributed by atoms with Crippen LogP contribution in [0.4, 0.5) is 17.6 Å². The highest BCUT2D eigenvalue weighted by Crippen LogP contribution is 2.35. The van der Waals surface area contributed by atoms with Crippen molar-refractivity contribution < 1.29 is 17.6 Å². The summed E-state index contributed by atoms with van der Waals surface area (Å²) in [5, 5.41) is 8.05. The van der Waals surface area contributed by atoms with Crippen LogP contribution in [0, 0.1) is 19.7 Å². The van der Waals surface area contributed by atoms with Crippen LogP contribution in [0.1, 0.15) is 28.3 Å². The summed E-state index contributed by atoms with van der Waals surface area (Å²) in [5.74, 6) is 0.750. The van der Waals surface area contributed by atoms with Gasteiger partial charge in [0.15, 0.2) is 0 Å². The Kier molecular flexibility index (Phi) is 4.01. The van der Waals surface area contributed by atoms with E-state index in [4.69, 9.17) is 0 Å². The minimum absolute atomic E-state index is 0.119. The summed E-state index contributed by atoms with van der Waals surface area (Å²) in [6, 6.07) is 3.01. The molecule has 0 fully saturated rings. The van der Waals surface area contributed by atoms with Crippen LogP contribution in [0.3, 0.4) is 0 Å². The van der Waals surface area contributed by atoms with Gasteiger partial charge in [-0.05, 0) is 54.7 Å². The Labute approximate surface area is 152 Å². The third-order valence-corrected chi connectivity index (χ3v) is 4.84. The monoisotopic (exact) mass is 376 g/mol. The molecule has 8 heteroatoms. The van der Waals surface area contributed by atoms with Crippen LogP contribution in [0.25, 0.3) is 16.8 Å². The molecule has 0 atom stereocenters. The number of alkyl halides is 3. The van der Waals surface area contributed by atoms with E-state index >= 15 is 4.39 Å². The molecule has 0 radical (unpaired) electrons. The van der Waals surface area contributed by atoms with E-state index in [0.717, 1.165) is 5.56 Å². The van der Waals surface area contributed by atoms with Crippen LogP contribution in [0.5, 0.6) is 0 Å². The van der Waals surface area contributed by atoms with Crippen LogP contribution < -0.4 is 0 Å². The van der Waals surface area contributed by atoms with E-state index < -0.39 is 18.4 Å². The third-order valence-electron chi connectivity index (χ3n) is 4.84. The molecule has 1 aromatic carbocycles. The summed E-state index contributed by atoms with van der Waals surface area (Å²) < 4.78 is 55.8. The highest BCUT2D eigenvalue weighted by molar-refractivity contribution is 5.71. The molecule has 0 amide bonds. The summed E-state index contributed by atoms with van der Waals surface area (Å²) in [5.41, 5.74) is 2.35. The molecule has 0 spiro atoms. The second kappa shape index (κ2) is 6.14. The lowest BCUT2D eigenvalue weighted by Crippen LogP contribution is -2.16. The lowest BCUT2D eigenvalue weighted by atomic mass is 9.92. The molecule has 3 aromatic rings. The second-order valence-electron chi connectivity index (χ2n) is 6.74. The Bertz CT molecular complexity index is 1040. The predicted octanol–water partition coefficient (Wildman–Crippen LogP) is 4.29. The fraction of sp³-hybridized carbons (Fsp3) is 0.316. The summed E-state index contributed by atoms with van der Waals surface area (Å²) >= 11 is 0. The fourth-order valence-electron chi connectivity index (χ4n) is 3.63. The highest BCUT2D eigenvalue weighted by atomic mass is 19.4. The zero-order valence-corrected chi connectivity index (χ0v) is 14.7. The van der Waals surface area contributed by atoms with Gasteiger partial charge in [-0.15, -0.1) is 10.2 Å². The van der Waals surface area contributed by atoms with E-state index in [-0.39, 0.29) is 5.56 Å². The summed E-state index contributed by atoms with van der Waals surface area (Å²) in [6.45, 7) is 3.32. The Balaban J connectivity index is 1.88. The molecule has 4 nitrogen and oxygen atoms in total. The Morgan fingerprint density at radius 2 is 1.85 bits per heavy atom. The number of benzene rings is 1. The van der Waals surface area contributed by atoms with Crippen LogP contribution in [-0.2, 0) is 19.3 Å². The molecule has 4 rings (SSSR count). The molecule has 1 aliphatic heterocycles. The van der Waals surface area contributed by atoms with Crippen LogP contribution >= 0.6 is 0 Å². The topological polar surface area (TPSA) is 43.6 Å². The van der Waals surface area contributed by atoms with Crippen molar-refractivity contribution in [2.75, 3.05) is 0 Å². The number of hydrogen-bond donors (Lipinski definition) is 0. The Morgan fingerprint density at radius 1 is 1.07 bits per heavy atom. The number of halogens is 4. The lowest BCUT2D eigenvalue weighted by Gasteiger charge is -2.21. The van der Waals surface area contributed by atoms with Crippen LogP contribution in [0.2, 0.25) is 0 Å². The normalized spacial score (nSPS) is 13.4. The quantitative estimate of drug-likeness (QED) is 0.627. The van der Waals surface area contributed by atoms with Gasteiger partial charge < -0.3 is 0 Å². The molecule has 0 bridgehead atoms. The molecule has 1 aliphatic rings. The number of pyridine rings is 1. The molecule has 0 saturated carbocycles. The zero-order valence-electron chi connectivity index (χ0n) is 14.7. The van der Waals surface area contributed by atoms with Crippen molar-refractivity contribution >= 4 is 0 Å². The summed E-state index contributed by atoms with van der Waals surface area (Å²) in [6.07, 6.45) is -1.53. The second-order valence-corrected chi connectivity index (χ2v) is 6.74. The maximum absolute atomic E-state index is 15.0. The largest absolute Gasteiger partial charge is 0.393 e. The van der Waals surface area contributed by atoms with E-state index in [1.165, 1.54) is 18.5 Å². The maximum atomic E-state index is 15.0. The van der Waals surface area contributed by atoms with Gasteiger partial charge in [-0.3, -0.25) is 9.55 Å². The SMILES string of the molecule is Cc1cncc(-c2cc(F)c3c(c2)CCc2nnc(C)n2-3)c1CC(F)(F)F. The van der Waals surface area contributed by atoms with Gasteiger partial charge in [0, 0.05) is 24.4 Å². The fourth-order valence-corrected chi connectivity index (χ4v) is 3.63. The third kappa shape index (κ3) is 3.09. The number of hydrogen-bond acceptors (Lipinski definition) is 3. The molecular formula is C19H16F4N4. The van der Waals surface area contributed by atoms with E-state index in [1.807, 2.05) is 0 Å². The standard InChI is InChI=1S/C19H16F4N4/c1-10-8-24-9-15(14(10)7-19(21,22)23)13-5-12-3-4-17-26-25-11(2)27(17)18(12)16(20)6-13/h5-6,8-9H,3-4,7H2,1-2H3. The van der Waals surface area contributed by atoms with E-state index in [9.17, 15) is 13.2 Å². The molecule has 3 heterocycles. The average Bonchev–Trinajstić information content (AvgIpc) is 2.96. The van der Waals surface area contributed by atoms with Gasteiger partial charge in [-0.1, -0.05) is 0 Å². The van der Waals surface area contributed by atoms with E-state index in [1.54, 1.807) is 24.5 Å². The maximum Gasteiger partial charge on any atom is 0.393 e. The van der Waals surface area contributed by atoms with Crippen molar-refractivity contribution in [1.82, 2.24) is 19.7 Å². The molecule has 0 unspecified atom stereocenters. The number of nitrogens with zero attached hydrogens (tertiary/aromatic N) is 4. The van der Waals surface area contributed by atoms with Gasteiger partial charge in [0.1, 0.15) is 17.5 Å². The molecule has 140 valence electrons. The molecule has 0 aliphatic carbocycles. The zero-order chi connectivity index (χ0) is 19.3. The van der Waals surface area contributed by atoms with Crippen LogP contribution in [0.15, 0.2) is 24.5 Å². The summed E-state index contributed by atoms with van der Waals surface area (Å²) in [7, 11) is 0. The first-order valence-electron chi connectivity index (χ1n) is 8.49. The molecule has 0 N–H and O–H groups in total. The van der Waals surface area contributed by atoms with Crippen molar-refractivity contribution in [2.45, 2.75) is 39.3 Å². The van der Waals surface area contributed by atoms with E-state index in [0.29, 0.717) is 46.9 Å². The van der Waals surface area contributed by atoms with Crippen molar-refractivity contribution in [3.8, 4) is 16.8 Å². The average molecular weight is 376 g/mol. The molecule has 27 heavy (non-hydrogen) atoms. The molecule has 0 saturated heterocycles. The van der Waals surface area contributed by atoms with Gasteiger partial charge in [-0.2, -0.15) is 13.2 Å². The van der Waals surface area contributed by atoms with Gasteiger partial charge >= 0.3 is 6.18 Å². The number of rotatable bonds is 2. The Hall–Kier alpha value is -2.77. The molecule has 2 aromatic heterocycles. The highest BCUT2D eigenvalue weighted by Gasteiger charge is 2.31. The van der Waals surface area contributed by atoms with Crippen molar-refractivity contribution in [3.05, 3.63) is 58.7 Å². The van der Waals surface area contributed by atoms with Crippen LogP contribution in [-0.4, -0.2) is 25.9 Å². The lowest BCUT2D eigenvalue weighted by molar-refractivity contribution is -0.127. The number of aromatic nitrogens is 4. The first-order valence-corrected chi connectivity index (χ1v) is 8.49. The molecular weight excluding hydrogens is 360 g/mol.